The van der Waals surface area contributed by atoms with Crippen molar-refractivity contribution in [1.82, 2.24) is 0 Å². The quantitative estimate of drug-likeness (QED) is 0.333. The van der Waals surface area contributed by atoms with E-state index >= 15 is 0 Å². The predicted octanol–water partition coefficient (Wildman–Crippen LogP) is -1.31. The summed E-state index contributed by atoms with van der Waals surface area (Å²) < 4.78 is 0. The van der Waals surface area contributed by atoms with Gasteiger partial charge in [-0.1, -0.05) is 0 Å². The van der Waals surface area contributed by atoms with Gasteiger partial charge in [-0.25, -0.2) is 0 Å². The zero-order chi connectivity index (χ0) is 2.71. The van der Waals surface area contributed by atoms with E-state index in [1.807, 2.05) is 0 Å². The van der Waals surface area contributed by atoms with Gasteiger partial charge >= 0.3 is 27.3 Å². The second-order valence-electron chi connectivity index (χ2n) is 0.0816. The molecule has 0 aromatic rings. The minimum atomic E-state index is 0. The van der Waals surface area contributed by atoms with Crippen LogP contribution in [-0.4, -0.2) is 32.5 Å². The van der Waals surface area contributed by atoms with E-state index in [0.717, 1.165) is 0 Å². The summed E-state index contributed by atoms with van der Waals surface area (Å²) in [5.74, 6) is 0. The Morgan fingerprint density at radius 1 is 1.75 bits per heavy atom. The van der Waals surface area contributed by atoms with Gasteiger partial charge in [0.1, 0.15) is 0 Å². The average molecular weight is 258 g/mol. The van der Waals surface area contributed by atoms with E-state index in [4.69, 9.17) is 10.1 Å². The van der Waals surface area contributed by atoms with Crippen LogP contribution >= 0.6 is 0 Å². The normalized spacial score (nSPS) is 3.00. The van der Waals surface area contributed by atoms with Crippen molar-refractivity contribution in [2.75, 3.05) is 0 Å². The molecule has 3 nitrogen and oxygen atoms in total. The van der Waals surface area contributed by atoms with Crippen LogP contribution < -0.4 is 0 Å². The van der Waals surface area contributed by atoms with Crippen molar-refractivity contribution in [3.05, 3.63) is 4.91 Å². The molecule has 4 heteroatoms. The standard InChI is InChI=1S/HNO2.Pb.4H/c2-1-3;;;;;/h(H,2,3);;;;;. The van der Waals surface area contributed by atoms with Crippen molar-refractivity contribution in [1.29, 1.82) is 0 Å². The molecule has 0 fully saturated rings. The Labute approximate surface area is 43.1 Å². The Kier molecular flexibility index (Phi) is 22.7. The van der Waals surface area contributed by atoms with Crippen LogP contribution in [-0.2, 0) is 0 Å². The van der Waals surface area contributed by atoms with Crippen molar-refractivity contribution in [3.8, 4) is 0 Å². The van der Waals surface area contributed by atoms with Crippen LogP contribution in [0.4, 0.5) is 0 Å². The van der Waals surface area contributed by atoms with Gasteiger partial charge in [-0.3, -0.25) is 0 Å². The van der Waals surface area contributed by atoms with Gasteiger partial charge in [0.2, 0.25) is 0 Å². The molecule has 0 aromatic heterocycles. The fourth-order valence-electron chi connectivity index (χ4n) is 0. The summed E-state index contributed by atoms with van der Waals surface area (Å²) in [7, 11) is 0. The molecule has 26 valence electrons. The molecule has 1 N–H and O–H groups in total. The van der Waals surface area contributed by atoms with Gasteiger partial charge < -0.3 is 5.21 Å². The first-order valence-electron chi connectivity index (χ1n) is 0.383. The molecule has 0 aliphatic heterocycles. The predicted molar refractivity (Wildman–Crippen MR) is 18.9 cm³/mol. The molecule has 0 aliphatic carbocycles. The van der Waals surface area contributed by atoms with Gasteiger partial charge in [0.25, 0.3) is 0 Å². The zero-order valence-corrected chi connectivity index (χ0v) is 1.30. The molecule has 0 heterocycles. The summed E-state index contributed by atoms with van der Waals surface area (Å²) in [6, 6.07) is 0. The fraction of sp³-hybridized carbons (Fsp3) is 0. The zero-order valence-electron chi connectivity index (χ0n) is 1.30. The van der Waals surface area contributed by atoms with E-state index in [-0.39, 0.29) is 27.3 Å². The molecule has 0 aromatic carbocycles. The molecule has 0 saturated heterocycles. The number of nitrogens with zero attached hydrogens (tertiary/aromatic N) is 1. The molecule has 0 aliphatic rings. The summed E-state index contributed by atoms with van der Waals surface area (Å²) in [6.07, 6.45) is 0. The number of hydrogen-bond donors (Lipinski definition) is 1. The van der Waals surface area contributed by atoms with Gasteiger partial charge in [0.15, 0.2) is 5.34 Å². The van der Waals surface area contributed by atoms with E-state index in [1.54, 1.807) is 0 Å². The molecule has 0 atom stereocenters. The number of rotatable bonds is 0. The summed E-state index contributed by atoms with van der Waals surface area (Å²) in [4.78, 5) is 8.11. The van der Waals surface area contributed by atoms with E-state index in [1.165, 1.54) is 5.34 Å². The van der Waals surface area contributed by atoms with Gasteiger partial charge in [-0.2, -0.15) is 0 Å². The summed E-state index contributed by atoms with van der Waals surface area (Å²) in [5.41, 5.74) is 0. The Bertz CT molecular complexity index is 13.5. The second kappa shape index (κ2) is 10.2. The van der Waals surface area contributed by atoms with Crippen LogP contribution in [0.3, 0.4) is 0 Å². The van der Waals surface area contributed by atoms with Gasteiger partial charge in [0, 0.05) is 0 Å². The van der Waals surface area contributed by atoms with Crippen molar-refractivity contribution < 1.29 is 5.21 Å². The third-order valence-corrected chi connectivity index (χ3v) is 0. The van der Waals surface area contributed by atoms with Crippen molar-refractivity contribution in [2.24, 2.45) is 5.34 Å². The maximum atomic E-state index is 8.11. The van der Waals surface area contributed by atoms with Crippen LogP contribution in [0.5, 0.6) is 0 Å². The van der Waals surface area contributed by atoms with Crippen LogP contribution in [0.2, 0.25) is 0 Å². The Balaban J connectivity index is 0. The van der Waals surface area contributed by atoms with Gasteiger partial charge in [0.05, 0.1) is 0 Å². The molecule has 0 rings (SSSR count). The molecular weight excluding hydrogens is 253 g/mol. The SMILES string of the molecule is O=NO.[PbH4]. The van der Waals surface area contributed by atoms with Crippen LogP contribution in [0, 0.1) is 4.91 Å². The van der Waals surface area contributed by atoms with E-state index in [9.17, 15) is 0 Å². The molecule has 0 radical (unpaired) electrons. The third kappa shape index (κ3) is 39.1. The summed E-state index contributed by atoms with van der Waals surface area (Å²) >= 11 is 0. The van der Waals surface area contributed by atoms with Crippen molar-refractivity contribution in [2.45, 2.75) is 0 Å². The van der Waals surface area contributed by atoms with Crippen molar-refractivity contribution >= 4 is 27.3 Å². The molecule has 0 saturated carbocycles. The minimum absolute atomic E-state index is 0. The Hall–Kier alpha value is 0.322. The first-order chi connectivity index (χ1) is 1.41. The Morgan fingerprint density at radius 3 is 1.75 bits per heavy atom. The molecule has 0 spiro atoms. The van der Waals surface area contributed by atoms with Gasteiger partial charge in [-0.05, 0) is 0 Å². The first kappa shape index (κ1) is 8.85. The molecule has 0 bridgehead atoms. The summed E-state index contributed by atoms with van der Waals surface area (Å²) in [6.45, 7) is 0. The van der Waals surface area contributed by atoms with E-state index < -0.39 is 0 Å². The third-order valence-electron chi connectivity index (χ3n) is 0. The van der Waals surface area contributed by atoms with Crippen LogP contribution in [0.25, 0.3) is 0 Å². The Morgan fingerprint density at radius 2 is 1.75 bits per heavy atom. The fourth-order valence-corrected chi connectivity index (χ4v) is 0. The van der Waals surface area contributed by atoms with Gasteiger partial charge in [-0.15, -0.1) is 4.91 Å². The molecule has 0 amide bonds. The van der Waals surface area contributed by atoms with E-state index in [2.05, 4.69) is 0 Å². The van der Waals surface area contributed by atoms with Crippen LogP contribution in [0.1, 0.15) is 0 Å². The molecule has 0 unspecified atom stereocenters. The number of hydrogen-bond acceptors (Lipinski definition) is 2. The molecule has 4 heavy (non-hydrogen) atoms. The second-order valence-corrected chi connectivity index (χ2v) is 0.0816. The maximum absolute atomic E-state index is 8.11. The topological polar surface area (TPSA) is 49.7 Å². The van der Waals surface area contributed by atoms with Crippen LogP contribution in [0.15, 0.2) is 5.34 Å². The van der Waals surface area contributed by atoms with Crippen molar-refractivity contribution in [3.63, 3.8) is 0 Å². The monoisotopic (exact) mass is 259 g/mol. The van der Waals surface area contributed by atoms with E-state index in [0.29, 0.717) is 0 Å². The summed E-state index contributed by atoms with van der Waals surface area (Å²) in [5, 5.41) is 7.89. The molecular formula is H5NO2Pb. The first-order valence-corrected chi connectivity index (χ1v) is 0.383. The average Bonchev–Trinajstić information content (AvgIpc) is 0.918.